The molecule has 11 nitrogen and oxygen atoms in total. The first kappa shape index (κ1) is 20.2. The quantitative estimate of drug-likeness (QED) is 0.252. The number of hydrazone groups is 1. The highest BCUT2D eigenvalue weighted by Crippen LogP contribution is 2.26. The SMILES string of the molecule is Cc1ccc(SCc2c(C(=O)N/N=C\c3ccncc3)nnn2-c2nonc2N)cc1. The van der Waals surface area contributed by atoms with Crippen molar-refractivity contribution in [1.29, 1.82) is 0 Å². The van der Waals surface area contributed by atoms with Gasteiger partial charge in [-0.05, 0) is 47.1 Å². The summed E-state index contributed by atoms with van der Waals surface area (Å²) in [6, 6.07) is 11.5. The zero-order valence-electron chi connectivity index (χ0n) is 16.3. The minimum absolute atomic E-state index is 0.0363. The van der Waals surface area contributed by atoms with Crippen LogP contribution < -0.4 is 11.2 Å². The van der Waals surface area contributed by atoms with Crippen LogP contribution in [0, 0.1) is 6.92 Å². The predicted octanol–water partition coefficient (Wildman–Crippen LogP) is 1.99. The van der Waals surface area contributed by atoms with Gasteiger partial charge < -0.3 is 5.73 Å². The van der Waals surface area contributed by atoms with Gasteiger partial charge in [-0.1, -0.05) is 22.9 Å². The van der Waals surface area contributed by atoms with Crippen molar-refractivity contribution in [2.75, 3.05) is 5.73 Å². The Morgan fingerprint density at radius 2 is 2.00 bits per heavy atom. The van der Waals surface area contributed by atoms with E-state index in [-0.39, 0.29) is 17.3 Å². The number of carbonyl (C=O) groups excluding carboxylic acids is 1. The summed E-state index contributed by atoms with van der Waals surface area (Å²) in [6.07, 6.45) is 4.77. The molecule has 0 spiro atoms. The van der Waals surface area contributed by atoms with Crippen molar-refractivity contribution in [3.8, 4) is 5.82 Å². The van der Waals surface area contributed by atoms with Gasteiger partial charge in [0, 0.05) is 23.0 Å². The average molecular weight is 435 g/mol. The van der Waals surface area contributed by atoms with Crippen LogP contribution in [0.15, 0.2) is 63.4 Å². The van der Waals surface area contributed by atoms with E-state index in [9.17, 15) is 4.79 Å². The molecule has 0 atom stereocenters. The molecule has 0 unspecified atom stereocenters. The Morgan fingerprint density at radius 1 is 1.23 bits per heavy atom. The third-order valence-corrected chi connectivity index (χ3v) is 5.18. The molecule has 156 valence electrons. The summed E-state index contributed by atoms with van der Waals surface area (Å²) >= 11 is 1.51. The summed E-state index contributed by atoms with van der Waals surface area (Å²) in [5.74, 6) is 0.0470. The number of rotatable bonds is 7. The summed E-state index contributed by atoms with van der Waals surface area (Å²) in [6.45, 7) is 2.02. The topological polar surface area (TPSA) is 150 Å². The van der Waals surface area contributed by atoms with Crippen LogP contribution in [0.3, 0.4) is 0 Å². The summed E-state index contributed by atoms with van der Waals surface area (Å²) in [7, 11) is 0. The van der Waals surface area contributed by atoms with Crippen molar-refractivity contribution < 1.29 is 9.42 Å². The zero-order valence-corrected chi connectivity index (χ0v) is 17.2. The number of hydrogen-bond acceptors (Lipinski definition) is 10. The number of aromatic nitrogens is 6. The van der Waals surface area contributed by atoms with E-state index in [1.54, 1.807) is 24.5 Å². The van der Waals surface area contributed by atoms with Gasteiger partial charge in [0.25, 0.3) is 5.91 Å². The van der Waals surface area contributed by atoms with Crippen LogP contribution in [-0.4, -0.2) is 42.4 Å². The summed E-state index contributed by atoms with van der Waals surface area (Å²) < 4.78 is 6.01. The molecule has 0 radical (unpaired) electrons. The lowest BCUT2D eigenvalue weighted by atomic mass is 10.2. The lowest BCUT2D eigenvalue weighted by Crippen LogP contribution is -2.20. The number of anilines is 1. The Morgan fingerprint density at radius 3 is 2.71 bits per heavy atom. The minimum Gasteiger partial charge on any atom is -0.378 e. The van der Waals surface area contributed by atoms with E-state index in [4.69, 9.17) is 5.73 Å². The van der Waals surface area contributed by atoms with Crippen LogP contribution >= 0.6 is 11.8 Å². The van der Waals surface area contributed by atoms with E-state index < -0.39 is 5.91 Å². The van der Waals surface area contributed by atoms with Crippen molar-refractivity contribution in [3.05, 3.63) is 71.3 Å². The van der Waals surface area contributed by atoms with Crippen LogP contribution in [0.2, 0.25) is 0 Å². The highest BCUT2D eigenvalue weighted by atomic mass is 32.2. The molecule has 4 rings (SSSR count). The first-order valence-electron chi connectivity index (χ1n) is 9.07. The number of amides is 1. The van der Waals surface area contributed by atoms with Crippen molar-refractivity contribution >= 4 is 29.7 Å². The smallest absolute Gasteiger partial charge is 0.293 e. The Hall–Kier alpha value is -4.06. The lowest BCUT2D eigenvalue weighted by Gasteiger charge is -2.06. The largest absolute Gasteiger partial charge is 0.378 e. The van der Waals surface area contributed by atoms with Gasteiger partial charge >= 0.3 is 0 Å². The van der Waals surface area contributed by atoms with Crippen molar-refractivity contribution in [3.63, 3.8) is 0 Å². The molecule has 0 saturated carbocycles. The van der Waals surface area contributed by atoms with Crippen LogP contribution in [0.5, 0.6) is 0 Å². The highest BCUT2D eigenvalue weighted by molar-refractivity contribution is 7.98. The van der Waals surface area contributed by atoms with E-state index in [0.717, 1.165) is 16.0 Å². The highest BCUT2D eigenvalue weighted by Gasteiger charge is 2.24. The van der Waals surface area contributed by atoms with Crippen LogP contribution in [0.25, 0.3) is 5.82 Å². The average Bonchev–Trinajstić information content (AvgIpc) is 3.39. The molecular formula is C19H17N9O2S. The third kappa shape index (κ3) is 4.75. The van der Waals surface area contributed by atoms with Gasteiger partial charge in [0.2, 0.25) is 11.6 Å². The normalized spacial score (nSPS) is 11.1. The van der Waals surface area contributed by atoms with Crippen LogP contribution in [0.1, 0.15) is 27.3 Å². The minimum atomic E-state index is -0.522. The molecule has 1 amide bonds. The summed E-state index contributed by atoms with van der Waals surface area (Å²) in [5.41, 5.74) is 10.8. The van der Waals surface area contributed by atoms with E-state index in [1.807, 2.05) is 31.2 Å². The van der Waals surface area contributed by atoms with E-state index in [2.05, 4.69) is 40.8 Å². The van der Waals surface area contributed by atoms with Gasteiger partial charge in [-0.2, -0.15) is 9.78 Å². The summed E-state index contributed by atoms with van der Waals surface area (Å²) in [4.78, 5) is 17.7. The van der Waals surface area contributed by atoms with E-state index in [0.29, 0.717) is 11.4 Å². The number of aryl methyl sites for hydroxylation is 1. The molecule has 4 aromatic rings. The molecule has 0 fully saturated rings. The fourth-order valence-corrected chi connectivity index (χ4v) is 3.46. The lowest BCUT2D eigenvalue weighted by molar-refractivity contribution is 0.0949. The zero-order chi connectivity index (χ0) is 21.6. The Bertz CT molecular complexity index is 1200. The van der Waals surface area contributed by atoms with E-state index >= 15 is 0 Å². The molecule has 0 aliphatic rings. The number of nitrogens with two attached hydrogens (primary N) is 1. The number of nitrogens with one attached hydrogen (secondary N) is 1. The number of thioether (sulfide) groups is 1. The van der Waals surface area contributed by atoms with Gasteiger partial charge in [-0.15, -0.1) is 16.9 Å². The molecule has 0 bridgehead atoms. The number of carbonyl (C=O) groups is 1. The summed E-state index contributed by atoms with van der Waals surface area (Å²) in [5, 5.41) is 19.3. The molecule has 3 heterocycles. The van der Waals surface area contributed by atoms with Gasteiger partial charge in [-0.25, -0.2) is 10.1 Å². The predicted molar refractivity (Wildman–Crippen MR) is 114 cm³/mol. The standard InChI is InChI=1S/C19H17N9O2S/c1-12-2-4-14(5-3-12)31-11-15-16(23-27-28(15)18-17(20)25-30-26-18)19(29)24-22-10-13-6-8-21-9-7-13/h2-10H,11H2,1H3,(H2,20,25)(H,24,29)/b22-10-. The Kier molecular flexibility index (Phi) is 5.98. The molecule has 0 aliphatic carbocycles. The van der Waals surface area contributed by atoms with Crippen LogP contribution in [0.4, 0.5) is 5.82 Å². The molecule has 12 heteroatoms. The maximum atomic E-state index is 12.7. The first-order chi connectivity index (χ1) is 15.1. The van der Waals surface area contributed by atoms with Crippen molar-refractivity contribution in [1.82, 2.24) is 35.7 Å². The second-order valence-corrected chi connectivity index (χ2v) is 7.40. The van der Waals surface area contributed by atoms with E-state index in [1.165, 1.54) is 22.7 Å². The van der Waals surface area contributed by atoms with Crippen LogP contribution in [-0.2, 0) is 5.75 Å². The number of nitrogen functional groups attached to an aromatic ring is 1. The van der Waals surface area contributed by atoms with Gasteiger partial charge in [0.05, 0.1) is 11.9 Å². The maximum absolute atomic E-state index is 12.7. The Balaban J connectivity index is 1.58. The van der Waals surface area contributed by atoms with Gasteiger partial charge in [0.15, 0.2) is 5.69 Å². The van der Waals surface area contributed by atoms with Gasteiger partial charge in [-0.3, -0.25) is 9.78 Å². The Labute approximate surface area is 180 Å². The molecule has 1 aromatic carbocycles. The number of hydrogen-bond donors (Lipinski definition) is 2. The van der Waals surface area contributed by atoms with Crippen molar-refractivity contribution in [2.24, 2.45) is 5.10 Å². The molecule has 0 aliphatic heterocycles. The third-order valence-electron chi connectivity index (χ3n) is 4.16. The molecule has 3 N–H and O–H groups in total. The fourth-order valence-electron chi connectivity index (χ4n) is 2.57. The second-order valence-electron chi connectivity index (χ2n) is 6.35. The number of nitrogens with zero attached hydrogens (tertiary/aromatic N) is 7. The molecule has 3 aromatic heterocycles. The van der Waals surface area contributed by atoms with Crippen molar-refractivity contribution in [2.45, 2.75) is 17.6 Å². The monoisotopic (exact) mass is 435 g/mol. The van der Waals surface area contributed by atoms with Gasteiger partial charge in [0.1, 0.15) is 0 Å². The first-order valence-corrected chi connectivity index (χ1v) is 10.1. The number of benzene rings is 1. The maximum Gasteiger partial charge on any atom is 0.293 e. The molecule has 31 heavy (non-hydrogen) atoms. The fraction of sp³-hybridized carbons (Fsp3) is 0.105. The number of pyridine rings is 1. The molecular weight excluding hydrogens is 418 g/mol. The molecule has 0 saturated heterocycles. The second kappa shape index (κ2) is 9.17.